The molecule has 0 spiro atoms. The van der Waals surface area contributed by atoms with Crippen LogP contribution in [0, 0.1) is 34.5 Å². The molecule has 0 heterocycles. The van der Waals surface area contributed by atoms with Crippen LogP contribution in [-0.4, -0.2) is 16.3 Å². The third-order valence-corrected chi connectivity index (χ3v) is 6.88. The number of phenolic OH excluding ortho intramolecular Hbond substituents is 1. The molecule has 1 aromatic rings. The predicted molar refractivity (Wildman–Crippen MR) is 83.2 cm³/mol. The number of aliphatic hydroxyl groups is 1. The number of rotatable bonds is 0. The van der Waals surface area contributed by atoms with Gasteiger partial charge in [-0.15, -0.1) is 0 Å². The van der Waals surface area contributed by atoms with E-state index < -0.39 is 6.10 Å². The van der Waals surface area contributed by atoms with Crippen molar-refractivity contribution in [3.8, 4) is 11.8 Å². The lowest BCUT2D eigenvalue weighted by molar-refractivity contribution is -0.0280. The monoisotopic (exact) mass is 297 g/mol. The maximum Gasteiger partial charge on any atom is 0.115 e. The van der Waals surface area contributed by atoms with Gasteiger partial charge in [-0.3, -0.25) is 0 Å². The van der Waals surface area contributed by atoms with E-state index in [2.05, 4.69) is 19.1 Å². The van der Waals surface area contributed by atoms with Gasteiger partial charge >= 0.3 is 0 Å². The molecule has 4 rings (SSSR count). The summed E-state index contributed by atoms with van der Waals surface area (Å²) in [6.45, 7) is 2.20. The summed E-state index contributed by atoms with van der Waals surface area (Å²) < 4.78 is 0. The van der Waals surface area contributed by atoms with Crippen LogP contribution >= 0.6 is 0 Å². The first-order chi connectivity index (χ1) is 10.5. The number of hydrogen-bond donors (Lipinski definition) is 2. The van der Waals surface area contributed by atoms with Gasteiger partial charge in [0, 0.05) is 0 Å². The average molecular weight is 297 g/mol. The second-order valence-corrected chi connectivity index (χ2v) is 7.76. The molecule has 116 valence electrons. The summed E-state index contributed by atoms with van der Waals surface area (Å²) in [4.78, 5) is 0. The van der Waals surface area contributed by atoms with Gasteiger partial charge < -0.3 is 10.2 Å². The van der Waals surface area contributed by atoms with Gasteiger partial charge in [0.2, 0.25) is 0 Å². The van der Waals surface area contributed by atoms with Crippen LogP contribution < -0.4 is 0 Å². The minimum atomic E-state index is -0.468. The van der Waals surface area contributed by atoms with Crippen molar-refractivity contribution in [2.75, 3.05) is 0 Å². The van der Waals surface area contributed by atoms with Crippen LogP contribution in [0.5, 0.6) is 5.75 Å². The van der Waals surface area contributed by atoms with Gasteiger partial charge in [-0.25, -0.2) is 0 Å². The van der Waals surface area contributed by atoms with Crippen LogP contribution in [0.25, 0.3) is 0 Å². The highest BCUT2D eigenvalue weighted by Crippen LogP contribution is 2.62. The molecule has 3 aliphatic rings. The minimum absolute atomic E-state index is 0.0873. The first-order valence-corrected chi connectivity index (χ1v) is 8.44. The fourth-order valence-electron chi connectivity index (χ4n) is 5.71. The van der Waals surface area contributed by atoms with Crippen LogP contribution in [0.15, 0.2) is 18.2 Å². The van der Waals surface area contributed by atoms with E-state index in [0.29, 0.717) is 23.5 Å². The molecule has 0 aromatic heterocycles. The number of benzene rings is 1. The predicted octanol–water partition coefficient (Wildman–Crippen LogP) is 3.36. The highest BCUT2D eigenvalue weighted by Gasteiger charge is 2.58. The average Bonchev–Trinajstić information content (AvgIpc) is 2.78. The van der Waals surface area contributed by atoms with Crippen LogP contribution in [0.4, 0.5) is 0 Å². The van der Waals surface area contributed by atoms with E-state index in [0.717, 1.165) is 32.1 Å². The third kappa shape index (κ3) is 1.77. The molecule has 2 saturated carbocycles. The Morgan fingerprint density at radius 2 is 2.14 bits per heavy atom. The van der Waals surface area contributed by atoms with Crippen molar-refractivity contribution < 1.29 is 10.2 Å². The summed E-state index contributed by atoms with van der Waals surface area (Å²) in [7, 11) is 0. The topological polar surface area (TPSA) is 64.2 Å². The first-order valence-electron chi connectivity index (χ1n) is 8.44. The summed E-state index contributed by atoms with van der Waals surface area (Å²) in [6.07, 6.45) is 4.59. The standard InChI is InChI=1S/C19H23NO2/c1-19-7-6-15-14-5-3-13(21)8-11(14)2-4-16(15)17(19)9-12(10-20)18(19)22/h3,5,8,12,15-18,21-22H,2,4,6-7,9H2,1H3/t12?,15-,16-,17+,18?,19+/m1/s1. The van der Waals surface area contributed by atoms with Gasteiger partial charge in [0.15, 0.2) is 0 Å². The first kappa shape index (κ1) is 14.1. The second kappa shape index (κ2) is 4.73. The van der Waals surface area contributed by atoms with Crippen molar-refractivity contribution in [3.63, 3.8) is 0 Å². The van der Waals surface area contributed by atoms with Crippen molar-refractivity contribution in [2.24, 2.45) is 23.2 Å². The summed E-state index contributed by atoms with van der Waals surface area (Å²) >= 11 is 0. The van der Waals surface area contributed by atoms with Gasteiger partial charge in [-0.2, -0.15) is 5.26 Å². The molecule has 22 heavy (non-hydrogen) atoms. The number of aliphatic hydroxyl groups excluding tert-OH is 1. The van der Waals surface area contributed by atoms with Gasteiger partial charge in [-0.1, -0.05) is 13.0 Å². The zero-order valence-electron chi connectivity index (χ0n) is 13.0. The Kier molecular flexibility index (Phi) is 3.03. The Bertz CT molecular complexity index is 649. The Labute approximate surface area is 131 Å². The molecule has 0 bridgehead atoms. The molecular weight excluding hydrogens is 274 g/mol. The molecular formula is C19H23NO2. The van der Waals surface area contributed by atoms with Crippen molar-refractivity contribution in [1.29, 1.82) is 5.26 Å². The highest BCUT2D eigenvalue weighted by atomic mass is 16.3. The van der Waals surface area contributed by atoms with Crippen LogP contribution in [-0.2, 0) is 6.42 Å². The summed E-state index contributed by atoms with van der Waals surface area (Å²) in [5, 5.41) is 29.7. The Morgan fingerprint density at radius 3 is 2.91 bits per heavy atom. The maximum atomic E-state index is 10.6. The van der Waals surface area contributed by atoms with Crippen molar-refractivity contribution >= 4 is 0 Å². The van der Waals surface area contributed by atoms with E-state index in [-0.39, 0.29) is 11.3 Å². The minimum Gasteiger partial charge on any atom is -0.508 e. The van der Waals surface area contributed by atoms with Gasteiger partial charge in [-0.05, 0) is 78.5 Å². The lowest BCUT2D eigenvalue weighted by atomic mass is 9.55. The molecule has 0 amide bonds. The number of hydrogen-bond acceptors (Lipinski definition) is 3. The van der Waals surface area contributed by atoms with Gasteiger partial charge in [0.1, 0.15) is 5.75 Å². The van der Waals surface area contributed by atoms with Crippen molar-refractivity contribution in [3.05, 3.63) is 29.3 Å². The van der Waals surface area contributed by atoms with Gasteiger partial charge in [0.25, 0.3) is 0 Å². The maximum absolute atomic E-state index is 10.6. The second-order valence-electron chi connectivity index (χ2n) is 7.76. The molecule has 0 aliphatic heterocycles. The van der Waals surface area contributed by atoms with Gasteiger partial charge in [0.05, 0.1) is 18.1 Å². The number of fused-ring (bicyclic) bond motifs is 5. The quantitative estimate of drug-likeness (QED) is 0.771. The van der Waals surface area contributed by atoms with E-state index in [9.17, 15) is 15.5 Å². The number of nitriles is 1. The van der Waals surface area contributed by atoms with E-state index in [1.54, 1.807) is 6.07 Å². The summed E-state index contributed by atoms with van der Waals surface area (Å²) in [6, 6.07) is 8.15. The molecule has 2 unspecified atom stereocenters. The third-order valence-electron chi connectivity index (χ3n) is 6.88. The fraction of sp³-hybridized carbons (Fsp3) is 0.632. The Hall–Kier alpha value is -1.53. The van der Waals surface area contributed by atoms with Crippen LogP contribution in [0.3, 0.4) is 0 Å². The van der Waals surface area contributed by atoms with E-state index in [1.807, 2.05) is 6.07 Å². The molecule has 6 atom stereocenters. The van der Waals surface area contributed by atoms with Crippen LogP contribution in [0.2, 0.25) is 0 Å². The summed E-state index contributed by atoms with van der Waals surface area (Å²) in [5.74, 6) is 1.72. The number of phenols is 1. The van der Waals surface area contributed by atoms with Crippen LogP contribution in [0.1, 0.15) is 49.7 Å². The molecule has 3 aliphatic carbocycles. The Morgan fingerprint density at radius 1 is 1.32 bits per heavy atom. The van der Waals surface area contributed by atoms with Crippen molar-refractivity contribution in [1.82, 2.24) is 0 Å². The number of nitrogens with zero attached hydrogens (tertiary/aromatic N) is 1. The zero-order valence-corrected chi connectivity index (χ0v) is 13.0. The molecule has 3 heteroatoms. The Balaban J connectivity index is 1.71. The molecule has 3 nitrogen and oxygen atoms in total. The summed E-state index contributed by atoms with van der Waals surface area (Å²) in [5.41, 5.74) is 2.60. The highest BCUT2D eigenvalue weighted by molar-refractivity contribution is 5.40. The molecule has 2 fully saturated rings. The zero-order chi connectivity index (χ0) is 15.5. The smallest absolute Gasteiger partial charge is 0.115 e. The molecule has 1 aromatic carbocycles. The normalized spacial score (nSPS) is 42.9. The molecule has 0 radical (unpaired) electrons. The van der Waals surface area contributed by atoms with E-state index in [4.69, 9.17) is 0 Å². The molecule has 2 N–H and O–H groups in total. The fourth-order valence-corrected chi connectivity index (χ4v) is 5.71. The van der Waals surface area contributed by atoms with E-state index in [1.165, 1.54) is 11.1 Å². The number of aromatic hydroxyl groups is 1. The largest absolute Gasteiger partial charge is 0.508 e. The lowest BCUT2D eigenvalue weighted by Gasteiger charge is -2.50. The SMILES string of the molecule is C[C@]12CC[C@@H]3c4ccc(O)cc4CC[C@H]3[C@@H]1CC(C#N)C2O. The number of aryl methyl sites for hydroxylation is 1. The molecule has 0 saturated heterocycles. The lowest BCUT2D eigenvalue weighted by Crippen LogP contribution is -2.44. The van der Waals surface area contributed by atoms with Crippen molar-refractivity contribution in [2.45, 2.75) is 51.0 Å². The van der Waals surface area contributed by atoms with E-state index >= 15 is 0 Å².